The van der Waals surface area contributed by atoms with Gasteiger partial charge in [-0.3, -0.25) is 4.72 Å². The van der Waals surface area contributed by atoms with E-state index in [0.717, 1.165) is 16.7 Å². The van der Waals surface area contributed by atoms with E-state index >= 15 is 0 Å². The van der Waals surface area contributed by atoms with E-state index in [1.807, 2.05) is 32.9 Å². The Bertz CT molecular complexity index is 747. The van der Waals surface area contributed by atoms with Crippen LogP contribution in [0.2, 0.25) is 0 Å². The van der Waals surface area contributed by atoms with E-state index in [0.29, 0.717) is 11.5 Å². The molecule has 0 radical (unpaired) electrons. The molecule has 0 saturated carbocycles. The Hall–Kier alpha value is -2.08. The first-order chi connectivity index (χ1) is 9.83. The number of pyridine rings is 1. The lowest BCUT2D eigenvalue weighted by Crippen LogP contribution is -2.15. The molecule has 1 aromatic carbocycles. The SMILES string of the molecule is CNc1cc(S(=O)(=O)Nc2c(C)cc(C)cc2C)ccn1. The van der Waals surface area contributed by atoms with Crippen LogP contribution in [0.3, 0.4) is 0 Å². The summed E-state index contributed by atoms with van der Waals surface area (Å²) < 4.78 is 27.7. The molecule has 1 aromatic heterocycles. The number of hydrogen-bond acceptors (Lipinski definition) is 4. The van der Waals surface area contributed by atoms with Gasteiger partial charge < -0.3 is 5.32 Å². The van der Waals surface area contributed by atoms with Crippen molar-refractivity contribution in [3.8, 4) is 0 Å². The van der Waals surface area contributed by atoms with Crippen molar-refractivity contribution < 1.29 is 8.42 Å². The zero-order chi connectivity index (χ0) is 15.6. The predicted molar refractivity (Wildman–Crippen MR) is 85.2 cm³/mol. The third-order valence-electron chi connectivity index (χ3n) is 3.21. The van der Waals surface area contributed by atoms with Crippen LogP contribution in [0, 0.1) is 20.8 Å². The average molecular weight is 305 g/mol. The third-order valence-corrected chi connectivity index (χ3v) is 4.56. The zero-order valence-electron chi connectivity index (χ0n) is 12.6. The van der Waals surface area contributed by atoms with Gasteiger partial charge in [0.25, 0.3) is 10.0 Å². The minimum absolute atomic E-state index is 0.182. The summed E-state index contributed by atoms with van der Waals surface area (Å²) in [4.78, 5) is 4.20. The van der Waals surface area contributed by atoms with Crippen molar-refractivity contribution in [2.24, 2.45) is 0 Å². The van der Waals surface area contributed by atoms with E-state index in [-0.39, 0.29) is 4.90 Å². The number of anilines is 2. The van der Waals surface area contributed by atoms with E-state index in [4.69, 9.17) is 0 Å². The maximum atomic E-state index is 12.5. The Morgan fingerprint density at radius 1 is 1.05 bits per heavy atom. The van der Waals surface area contributed by atoms with Gasteiger partial charge in [0.1, 0.15) is 5.82 Å². The summed E-state index contributed by atoms with van der Waals surface area (Å²) in [5.41, 5.74) is 3.54. The maximum Gasteiger partial charge on any atom is 0.262 e. The van der Waals surface area contributed by atoms with Crippen LogP contribution < -0.4 is 10.0 Å². The molecule has 0 unspecified atom stereocenters. The Morgan fingerprint density at radius 2 is 1.67 bits per heavy atom. The minimum Gasteiger partial charge on any atom is -0.373 e. The summed E-state index contributed by atoms with van der Waals surface area (Å²) in [7, 11) is -1.94. The Kier molecular flexibility index (Phi) is 4.18. The van der Waals surface area contributed by atoms with E-state index in [2.05, 4.69) is 15.0 Å². The molecule has 2 aromatic rings. The van der Waals surface area contributed by atoms with Crippen LogP contribution in [-0.4, -0.2) is 20.4 Å². The molecule has 2 N–H and O–H groups in total. The molecule has 0 aliphatic rings. The predicted octanol–water partition coefficient (Wildman–Crippen LogP) is 2.85. The first-order valence-electron chi connectivity index (χ1n) is 6.58. The lowest BCUT2D eigenvalue weighted by Gasteiger charge is -2.14. The van der Waals surface area contributed by atoms with E-state index < -0.39 is 10.0 Å². The molecule has 0 amide bonds. The summed E-state index contributed by atoms with van der Waals surface area (Å²) in [6, 6.07) is 6.88. The van der Waals surface area contributed by atoms with Gasteiger partial charge in [-0.25, -0.2) is 13.4 Å². The van der Waals surface area contributed by atoms with Crippen molar-refractivity contribution in [1.29, 1.82) is 0 Å². The van der Waals surface area contributed by atoms with E-state index in [1.54, 1.807) is 7.05 Å². The molecule has 0 spiro atoms. The summed E-state index contributed by atoms with van der Waals surface area (Å²) in [5.74, 6) is 0.509. The Labute approximate surface area is 125 Å². The summed E-state index contributed by atoms with van der Waals surface area (Å²) in [6.07, 6.45) is 1.47. The molecule has 5 nitrogen and oxygen atoms in total. The van der Waals surface area contributed by atoms with Gasteiger partial charge in [0.2, 0.25) is 0 Å². The second kappa shape index (κ2) is 5.73. The van der Waals surface area contributed by atoms with Crippen molar-refractivity contribution >= 4 is 21.5 Å². The van der Waals surface area contributed by atoms with Gasteiger partial charge in [-0.15, -0.1) is 0 Å². The number of aromatic nitrogens is 1. The highest BCUT2D eigenvalue weighted by molar-refractivity contribution is 7.92. The molecule has 21 heavy (non-hydrogen) atoms. The molecule has 112 valence electrons. The monoisotopic (exact) mass is 305 g/mol. The van der Waals surface area contributed by atoms with Crippen LogP contribution in [0.1, 0.15) is 16.7 Å². The highest BCUT2D eigenvalue weighted by Gasteiger charge is 2.17. The van der Waals surface area contributed by atoms with E-state index in [9.17, 15) is 8.42 Å². The second-order valence-corrected chi connectivity index (χ2v) is 6.69. The fourth-order valence-electron chi connectivity index (χ4n) is 2.25. The number of hydrogen-bond donors (Lipinski definition) is 2. The molecular formula is C15H19N3O2S. The van der Waals surface area contributed by atoms with Crippen LogP contribution in [0.5, 0.6) is 0 Å². The standard InChI is InChI=1S/C15H19N3O2S/c1-10-7-11(2)15(12(3)8-10)18-21(19,20)13-5-6-17-14(9-13)16-4/h5-9,18H,1-4H3,(H,16,17). The van der Waals surface area contributed by atoms with Crippen LogP contribution >= 0.6 is 0 Å². The van der Waals surface area contributed by atoms with Crippen LogP contribution in [-0.2, 0) is 10.0 Å². The lowest BCUT2D eigenvalue weighted by atomic mass is 10.1. The van der Waals surface area contributed by atoms with Crippen molar-refractivity contribution in [2.45, 2.75) is 25.7 Å². The molecule has 0 fully saturated rings. The van der Waals surface area contributed by atoms with Crippen molar-refractivity contribution in [3.05, 3.63) is 47.2 Å². The fraction of sp³-hybridized carbons (Fsp3) is 0.267. The maximum absolute atomic E-state index is 12.5. The molecule has 0 bridgehead atoms. The molecular weight excluding hydrogens is 286 g/mol. The number of sulfonamides is 1. The van der Waals surface area contributed by atoms with Crippen LogP contribution in [0.15, 0.2) is 35.4 Å². The number of benzene rings is 1. The van der Waals surface area contributed by atoms with Crippen molar-refractivity contribution in [2.75, 3.05) is 17.1 Å². The number of aryl methyl sites for hydroxylation is 3. The van der Waals surface area contributed by atoms with Gasteiger partial charge in [0.15, 0.2) is 0 Å². The highest BCUT2D eigenvalue weighted by atomic mass is 32.2. The van der Waals surface area contributed by atoms with Crippen molar-refractivity contribution in [1.82, 2.24) is 4.98 Å². The molecule has 6 heteroatoms. The second-order valence-electron chi connectivity index (χ2n) is 5.01. The zero-order valence-corrected chi connectivity index (χ0v) is 13.4. The van der Waals surface area contributed by atoms with Gasteiger partial charge in [0, 0.05) is 19.3 Å². The molecule has 1 heterocycles. The molecule has 0 aliphatic carbocycles. The minimum atomic E-state index is -3.63. The first kappa shape index (κ1) is 15.3. The van der Waals surface area contributed by atoms with Gasteiger partial charge in [-0.05, 0) is 38.0 Å². The van der Waals surface area contributed by atoms with Gasteiger partial charge in [-0.1, -0.05) is 17.7 Å². The molecule has 2 rings (SSSR count). The third kappa shape index (κ3) is 3.33. The topological polar surface area (TPSA) is 71.1 Å². The lowest BCUT2D eigenvalue weighted by molar-refractivity contribution is 0.601. The molecule has 0 atom stereocenters. The number of nitrogens with one attached hydrogen (secondary N) is 2. The summed E-state index contributed by atoms with van der Waals surface area (Å²) in [5, 5.41) is 2.83. The number of nitrogens with zero attached hydrogens (tertiary/aromatic N) is 1. The Morgan fingerprint density at radius 3 is 2.24 bits per heavy atom. The molecule has 0 aliphatic heterocycles. The molecule has 0 saturated heterocycles. The fourth-order valence-corrected chi connectivity index (χ4v) is 3.46. The van der Waals surface area contributed by atoms with Gasteiger partial charge >= 0.3 is 0 Å². The van der Waals surface area contributed by atoms with Crippen molar-refractivity contribution in [3.63, 3.8) is 0 Å². The van der Waals surface area contributed by atoms with E-state index in [1.165, 1.54) is 18.3 Å². The average Bonchev–Trinajstić information content (AvgIpc) is 2.43. The van der Waals surface area contributed by atoms with Crippen LogP contribution in [0.4, 0.5) is 11.5 Å². The quantitative estimate of drug-likeness (QED) is 0.911. The van der Waals surface area contributed by atoms with Crippen LogP contribution in [0.25, 0.3) is 0 Å². The largest absolute Gasteiger partial charge is 0.373 e. The highest BCUT2D eigenvalue weighted by Crippen LogP contribution is 2.25. The smallest absolute Gasteiger partial charge is 0.262 e. The van der Waals surface area contributed by atoms with Gasteiger partial charge in [0.05, 0.1) is 10.6 Å². The summed E-state index contributed by atoms with van der Waals surface area (Å²) in [6.45, 7) is 5.77. The number of rotatable bonds is 4. The Balaban J connectivity index is 2.42. The summed E-state index contributed by atoms with van der Waals surface area (Å²) >= 11 is 0. The first-order valence-corrected chi connectivity index (χ1v) is 8.06. The normalized spacial score (nSPS) is 11.2. The van der Waals surface area contributed by atoms with Gasteiger partial charge in [-0.2, -0.15) is 0 Å².